The van der Waals surface area contributed by atoms with Crippen LogP contribution in [0.1, 0.15) is 55.8 Å². The Labute approximate surface area is 228 Å². The lowest BCUT2D eigenvalue weighted by molar-refractivity contribution is 0.0147. The molecular formula is C27H25Cl2N5O4. The van der Waals surface area contributed by atoms with Gasteiger partial charge in [-0.2, -0.15) is 0 Å². The van der Waals surface area contributed by atoms with Crippen LogP contribution >= 0.6 is 23.2 Å². The highest BCUT2D eigenvalue weighted by molar-refractivity contribution is 6.39. The molecule has 3 atom stereocenters. The van der Waals surface area contributed by atoms with Gasteiger partial charge in [0.1, 0.15) is 17.1 Å². The van der Waals surface area contributed by atoms with Gasteiger partial charge in [-0.05, 0) is 62.8 Å². The predicted molar refractivity (Wildman–Crippen MR) is 141 cm³/mol. The first-order valence-electron chi connectivity index (χ1n) is 12.9. The Morgan fingerprint density at radius 2 is 1.76 bits per heavy atom. The minimum absolute atomic E-state index is 0.132. The van der Waals surface area contributed by atoms with Crippen molar-refractivity contribution in [1.29, 1.82) is 0 Å². The summed E-state index contributed by atoms with van der Waals surface area (Å²) in [5.74, 6) is 1.02. The van der Waals surface area contributed by atoms with Crippen LogP contribution in [0, 0.1) is 0 Å². The van der Waals surface area contributed by atoms with Gasteiger partial charge in [0.2, 0.25) is 5.82 Å². The molecule has 1 aliphatic carbocycles. The molecule has 1 saturated carbocycles. The normalized spacial score (nSPS) is 22.8. The molecule has 3 fully saturated rings. The molecule has 5 heterocycles. The summed E-state index contributed by atoms with van der Waals surface area (Å²) in [6, 6.07) is 10.1. The van der Waals surface area contributed by atoms with Gasteiger partial charge in [0.15, 0.2) is 0 Å². The van der Waals surface area contributed by atoms with Crippen molar-refractivity contribution in [2.45, 2.75) is 69.2 Å². The Kier molecular flexibility index (Phi) is 6.02. The lowest BCUT2D eigenvalue weighted by Gasteiger charge is -2.40. The molecule has 2 saturated heterocycles. The molecule has 1 unspecified atom stereocenters. The SMILES string of the molecule is O=c1[nH]c(-c2ccc(N3[C@@H]4CC[C@H]3CC(OCc3c(-c5c(Cl)cccc5Cl)noc3C3CC3)C4)cn2)no1. The van der Waals surface area contributed by atoms with Gasteiger partial charge in [0.25, 0.3) is 0 Å². The quantitative estimate of drug-likeness (QED) is 0.297. The maximum absolute atomic E-state index is 11.3. The summed E-state index contributed by atoms with van der Waals surface area (Å²) in [4.78, 5) is 20.8. The van der Waals surface area contributed by atoms with E-state index in [1.54, 1.807) is 0 Å². The standard InChI is InChI=1S/C27H25Cl2N5O4/c28-20-2-1-3-21(29)23(20)24-19(25(37-32-24)14-4-5-14)13-36-18-10-15-6-7-16(11-18)34(15)17-8-9-22(30-12-17)26-31-27(35)38-33-26/h1-3,8-9,12,14-16,18H,4-7,10-11,13H2,(H,31,33,35)/t15-,16+,18?. The number of halogens is 2. The van der Waals surface area contributed by atoms with Crippen LogP contribution in [0.15, 0.2) is 50.4 Å². The number of piperidine rings is 1. The minimum atomic E-state index is -0.594. The number of H-pyrrole nitrogens is 1. The molecule has 1 N–H and O–H groups in total. The fourth-order valence-corrected chi connectivity index (χ4v) is 6.53. The van der Waals surface area contributed by atoms with Crippen molar-refractivity contribution in [2.24, 2.45) is 0 Å². The number of aromatic nitrogens is 4. The number of fused-ring (bicyclic) bond motifs is 2. The van der Waals surface area contributed by atoms with Crippen molar-refractivity contribution in [1.82, 2.24) is 20.3 Å². The number of anilines is 1. The van der Waals surface area contributed by atoms with Gasteiger partial charge in [0.05, 0.1) is 34.6 Å². The van der Waals surface area contributed by atoms with Crippen LogP contribution in [0.25, 0.3) is 22.8 Å². The predicted octanol–water partition coefficient (Wildman–Crippen LogP) is 5.98. The molecule has 0 spiro atoms. The van der Waals surface area contributed by atoms with Crippen LogP contribution in [0.5, 0.6) is 0 Å². The Hall–Kier alpha value is -3.14. The molecule has 7 rings (SSSR count). The Bertz CT molecular complexity index is 1490. The number of nitrogens with one attached hydrogen (secondary N) is 1. The van der Waals surface area contributed by atoms with Crippen molar-refractivity contribution in [3.8, 4) is 22.8 Å². The zero-order valence-electron chi connectivity index (χ0n) is 20.4. The highest BCUT2D eigenvalue weighted by atomic mass is 35.5. The second kappa shape index (κ2) is 9.55. The maximum Gasteiger partial charge on any atom is 0.439 e. The van der Waals surface area contributed by atoms with E-state index in [2.05, 4.69) is 29.7 Å². The number of nitrogens with zero attached hydrogens (tertiary/aromatic N) is 4. The van der Waals surface area contributed by atoms with Crippen LogP contribution in [-0.2, 0) is 11.3 Å². The van der Waals surface area contributed by atoms with Crippen LogP contribution in [0.4, 0.5) is 5.69 Å². The van der Waals surface area contributed by atoms with Crippen LogP contribution in [0.2, 0.25) is 10.0 Å². The van der Waals surface area contributed by atoms with Gasteiger partial charge in [-0.15, -0.1) is 0 Å². The number of aromatic amines is 1. The largest absolute Gasteiger partial charge is 0.439 e. The van der Waals surface area contributed by atoms with Gasteiger partial charge < -0.3 is 14.2 Å². The molecular weight excluding hydrogens is 529 g/mol. The summed E-state index contributed by atoms with van der Waals surface area (Å²) in [5.41, 5.74) is 3.98. The van der Waals surface area contributed by atoms with E-state index in [1.807, 2.05) is 36.5 Å². The minimum Gasteiger partial charge on any atom is -0.373 e. The molecule has 1 aromatic carbocycles. The summed E-state index contributed by atoms with van der Waals surface area (Å²) < 4.78 is 16.9. The molecule has 11 heteroatoms. The summed E-state index contributed by atoms with van der Waals surface area (Å²) in [5, 5.41) is 9.21. The monoisotopic (exact) mass is 553 g/mol. The zero-order chi connectivity index (χ0) is 25.8. The third kappa shape index (κ3) is 4.32. The number of hydrogen-bond acceptors (Lipinski definition) is 8. The number of pyridine rings is 1. The Morgan fingerprint density at radius 3 is 2.39 bits per heavy atom. The van der Waals surface area contributed by atoms with E-state index >= 15 is 0 Å². The van der Waals surface area contributed by atoms with Crippen molar-refractivity contribution in [3.63, 3.8) is 0 Å². The Morgan fingerprint density at radius 1 is 1.00 bits per heavy atom. The number of ether oxygens (including phenoxy) is 1. The van der Waals surface area contributed by atoms with Crippen molar-refractivity contribution < 1.29 is 13.8 Å². The highest BCUT2D eigenvalue weighted by Crippen LogP contribution is 2.47. The maximum atomic E-state index is 11.3. The van der Waals surface area contributed by atoms with Gasteiger partial charge in [-0.1, -0.05) is 39.6 Å². The average molecular weight is 554 g/mol. The van der Waals surface area contributed by atoms with Gasteiger partial charge in [-0.3, -0.25) is 14.5 Å². The number of hydrogen-bond donors (Lipinski definition) is 1. The molecule has 0 amide bonds. The summed E-state index contributed by atoms with van der Waals surface area (Å²) in [6.07, 6.45) is 8.26. The Balaban J connectivity index is 1.07. The first-order valence-corrected chi connectivity index (χ1v) is 13.7. The summed E-state index contributed by atoms with van der Waals surface area (Å²) in [7, 11) is 0. The van der Waals surface area contributed by atoms with E-state index in [0.717, 1.165) is 55.5 Å². The zero-order valence-corrected chi connectivity index (χ0v) is 21.9. The molecule has 2 bridgehead atoms. The van der Waals surface area contributed by atoms with Crippen molar-refractivity contribution in [2.75, 3.05) is 4.90 Å². The third-order valence-electron chi connectivity index (χ3n) is 7.85. The van der Waals surface area contributed by atoms with E-state index in [4.69, 9.17) is 32.5 Å². The summed E-state index contributed by atoms with van der Waals surface area (Å²) in [6.45, 7) is 0.419. The van der Waals surface area contributed by atoms with Crippen LogP contribution in [0.3, 0.4) is 0 Å². The molecule has 4 aromatic rings. The average Bonchev–Trinajstić information content (AvgIpc) is 3.44. The van der Waals surface area contributed by atoms with Crippen molar-refractivity contribution in [3.05, 3.63) is 68.4 Å². The first-order chi connectivity index (χ1) is 18.5. The second-order valence-corrected chi connectivity index (χ2v) is 11.1. The molecule has 38 heavy (non-hydrogen) atoms. The first kappa shape index (κ1) is 23.9. The van der Waals surface area contributed by atoms with E-state index in [0.29, 0.717) is 57.4 Å². The molecule has 2 aliphatic heterocycles. The van der Waals surface area contributed by atoms with Crippen LogP contribution < -0.4 is 10.7 Å². The van der Waals surface area contributed by atoms with Crippen LogP contribution in [-0.4, -0.2) is 38.5 Å². The van der Waals surface area contributed by atoms with E-state index in [-0.39, 0.29) is 6.10 Å². The number of rotatable bonds is 7. The number of benzene rings is 1. The topological polar surface area (TPSA) is 110 Å². The molecule has 0 radical (unpaired) electrons. The molecule has 3 aliphatic rings. The fraction of sp³-hybridized carbons (Fsp3) is 0.407. The summed E-state index contributed by atoms with van der Waals surface area (Å²) >= 11 is 13.0. The molecule has 9 nitrogen and oxygen atoms in total. The second-order valence-electron chi connectivity index (χ2n) is 10.3. The lowest BCUT2D eigenvalue weighted by Crippen LogP contribution is -2.45. The van der Waals surface area contributed by atoms with E-state index in [9.17, 15) is 4.79 Å². The van der Waals surface area contributed by atoms with E-state index in [1.165, 1.54) is 0 Å². The lowest BCUT2D eigenvalue weighted by atomic mass is 9.98. The van der Waals surface area contributed by atoms with Gasteiger partial charge >= 0.3 is 5.76 Å². The smallest absolute Gasteiger partial charge is 0.373 e. The highest BCUT2D eigenvalue weighted by Gasteiger charge is 2.42. The van der Waals surface area contributed by atoms with Crippen molar-refractivity contribution >= 4 is 28.9 Å². The molecule has 3 aromatic heterocycles. The van der Waals surface area contributed by atoms with E-state index < -0.39 is 5.76 Å². The van der Waals surface area contributed by atoms with Gasteiger partial charge in [0, 0.05) is 29.1 Å². The fourth-order valence-electron chi connectivity index (χ4n) is 5.95. The third-order valence-corrected chi connectivity index (χ3v) is 8.48. The van der Waals surface area contributed by atoms with Gasteiger partial charge in [-0.25, -0.2) is 4.79 Å². The molecule has 196 valence electrons.